The van der Waals surface area contributed by atoms with Crippen LogP contribution in [-0.2, 0) is 4.74 Å². The van der Waals surface area contributed by atoms with Crippen LogP contribution < -0.4 is 15.4 Å². The fraction of sp³-hybridized carbons (Fsp3) is 0.600. The van der Waals surface area contributed by atoms with Gasteiger partial charge in [0.2, 0.25) is 11.8 Å². The number of methoxy groups -OCH3 is 2. The average molecular weight is 226 g/mol. The van der Waals surface area contributed by atoms with Gasteiger partial charge in [-0.25, -0.2) is 4.98 Å². The van der Waals surface area contributed by atoms with Crippen molar-refractivity contribution >= 4 is 5.95 Å². The maximum absolute atomic E-state index is 4.99. The van der Waals surface area contributed by atoms with E-state index in [9.17, 15) is 0 Å². The second kappa shape index (κ2) is 7.84. The van der Waals surface area contributed by atoms with E-state index in [1.165, 1.54) is 0 Å². The van der Waals surface area contributed by atoms with Crippen molar-refractivity contribution in [3.8, 4) is 5.88 Å². The first kappa shape index (κ1) is 12.7. The van der Waals surface area contributed by atoms with Crippen molar-refractivity contribution < 1.29 is 9.47 Å². The highest BCUT2D eigenvalue weighted by Gasteiger charge is 1.97. The summed E-state index contributed by atoms with van der Waals surface area (Å²) in [6.45, 7) is 3.16. The molecule has 0 saturated heterocycles. The van der Waals surface area contributed by atoms with Crippen molar-refractivity contribution in [1.29, 1.82) is 0 Å². The van der Waals surface area contributed by atoms with Crippen LogP contribution >= 0.6 is 0 Å². The lowest BCUT2D eigenvalue weighted by Gasteiger charge is -2.06. The van der Waals surface area contributed by atoms with Crippen LogP contribution in [0.25, 0.3) is 0 Å². The molecule has 0 aliphatic heterocycles. The first-order valence-electron chi connectivity index (χ1n) is 5.17. The quantitative estimate of drug-likeness (QED) is 0.614. The van der Waals surface area contributed by atoms with E-state index in [1.807, 2.05) is 0 Å². The van der Waals surface area contributed by atoms with Gasteiger partial charge in [0.05, 0.1) is 13.7 Å². The van der Waals surface area contributed by atoms with Gasteiger partial charge in [0.25, 0.3) is 0 Å². The number of hydrogen-bond acceptors (Lipinski definition) is 6. The Bertz CT molecular complexity index is 296. The largest absolute Gasteiger partial charge is 0.481 e. The predicted molar refractivity (Wildman–Crippen MR) is 61.8 cm³/mol. The molecule has 6 heteroatoms. The Balaban J connectivity index is 2.16. The fourth-order valence-electron chi connectivity index (χ4n) is 1.10. The molecule has 0 saturated carbocycles. The number of nitrogens with one attached hydrogen (secondary N) is 2. The molecule has 0 spiro atoms. The third-order valence-electron chi connectivity index (χ3n) is 1.91. The highest BCUT2D eigenvalue weighted by atomic mass is 16.5. The molecule has 6 nitrogen and oxygen atoms in total. The number of anilines is 1. The van der Waals surface area contributed by atoms with Gasteiger partial charge in [-0.2, -0.15) is 4.98 Å². The summed E-state index contributed by atoms with van der Waals surface area (Å²) in [6, 6.07) is 1.71. The summed E-state index contributed by atoms with van der Waals surface area (Å²) in [4.78, 5) is 8.19. The van der Waals surface area contributed by atoms with Crippen molar-refractivity contribution in [3.63, 3.8) is 0 Å². The molecule has 2 N–H and O–H groups in total. The van der Waals surface area contributed by atoms with Crippen LogP contribution in [0, 0.1) is 0 Å². The Morgan fingerprint density at radius 3 is 2.88 bits per heavy atom. The number of nitrogens with zero attached hydrogens (tertiary/aromatic N) is 2. The average Bonchev–Trinajstić information content (AvgIpc) is 2.34. The van der Waals surface area contributed by atoms with Gasteiger partial charge in [-0.15, -0.1) is 0 Å². The zero-order valence-corrected chi connectivity index (χ0v) is 9.69. The molecule has 0 fully saturated rings. The Labute approximate surface area is 95.4 Å². The molecule has 0 amide bonds. The van der Waals surface area contributed by atoms with Crippen LogP contribution in [0.3, 0.4) is 0 Å². The standard InChI is InChI=1S/C10H18N4O2/c1-15-8-7-11-5-6-13-10-12-4-3-9(14-10)16-2/h3-4,11H,5-8H2,1-2H3,(H,12,13,14). The van der Waals surface area contributed by atoms with Gasteiger partial charge in [0.1, 0.15) is 0 Å². The third kappa shape index (κ3) is 4.90. The van der Waals surface area contributed by atoms with E-state index >= 15 is 0 Å². The topological polar surface area (TPSA) is 68.3 Å². The monoisotopic (exact) mass is 226 g/mol. The molecule has 0 unspecified atom stereocenters. The van der Waals surface area contributed by atoms with Crippen LogP contribution in [-0.4, -0.2) is 50.4 Å². The molecule has 0 aromatic carbocycles. The molecule has 0 radical (unpaired) electrons. The molecule has 90 valence electrons. The van der Waals surface area contributed by atoms with E-state index in [4.69, 9.17) is 9.47 Å². The summed E-state index contributed by atoms with van der Waals surface area (Å²) in [5.74, 6) is 1.14. The maximum Gasteiger partial charge on any atom is 0.225 e. The van der Waals surface area contributed by atoms with Gasteiger partial charge in [-0.1, -0.05) is 0 Å². The molecule has 1 aromatic rings. The second-order valence-corrected chi connectivity index (χ2v) is 3.09. The predicted octanol–water partition coefficient (Wildman–Crippen LogP) is 0.133. The van der Waals surface area contributed by atoms with Crippen LogP contribution in [0.1, 0.15) is 0 Å². The van der Waals surface area contributed by atoms with E-state index in [0.29, 0.717) is 11.8 Å². The van der Waals surface area contributed by atoms with E-state index < -0.39 is 0 Å². The lowest BCUT2D eigenvalue weighted by atomic mass is 10.5. The van der Waals surface area contributed by atoms with Gasteiger partial charge in [0, 0.05) is 39.0 Å². The van der Waals surface area contributed by atoms with E-state index in [2.05, 4.69) is 20.6 Å². The van der Waals surface area contributed by atoms with Crippen molar-refractivity contribution in [2.24, 2.45) is 0 Å². The number of hydrogen-bond donors (Lipinski definition) is 2. The van der Waals surface area contributed by atoms with Gasteiger partial charge < -0.3 is 20.1 Å². The van der Waals surface area contributed by atoms with E-state index in [1.54, 1.807) is 26.5 Å². The van der Waals surface area contributed by atoms with Crippen LogP contribution in [0.5, 0.6) is 5.88 Å². The summed E-state index contributed by atoms with van der Waals surface area (Å²) >= 11 is 0. The Hall–Kier alpha value is -1.40. The Morgan fingerprint density at radius 2 is 2.12 bits per heavy atom. The Morgan fingerprint density at radius 1 is 1.25 bits per heavy atom. The molecule has 1 aromatic heterocycles. The lowest BCUT2D eigenvalue weighted by Crippen LogP contribution is -2.25. The summed E-state index contributed by atoms with van der Waals surface area (Å²) in [5.41, 5.74) is 0. The number of aromatic nitrogens is 2. The molecular weight excluding hydrogens is 208 g/mol. The smallest absolute Gasteiger partial charge is 0.225 e. The van der Waals surface area contributed by atoms with Crippen molar-refractivity contribution in [1.82, 2.24) is 15.3 Å². The summed E-state index contributed by atoms with van der Waals surface area (Å²) < 4.78 is 9.90. The SMILES string of the molecule is COCCNCCNc1nccc(OC)n1. The second-order valence-electron chi connectivity index (χ2n) is 3.09. The van der Waals surface area contributed by atoms with Gasteiger partial charge in [0.15, 0.2) is 0 Å². The summed E-state index contributed by atoms with van der Waals surface area (Å²) in [7, 11) is 3.27. The van der Waals surface area contributed by atoms with Crippen molar-refractivity contribution in [3.05, 3.63) is 12.3 Å². The minimum Gasteiger partial charge on any atom is -0.481 e. The molecular formula is C10H18N4O2. The molecule has 0 aliphatic carbocycles. The minimum absolute atomic E-state index is 0.560. The first-order chi connectivity index (χ1) is 7.86. The fourth-order valence-corrected chi connectivity index (χ4v) is 1.10. The van der Waals surface area contributed by atoms with Gasteiger partial charge >= 0.3 is 0 Å². The van der Waals surface area contributed by atoms with Crippen LogP contribution in [0.2, 0.25) is 0 Å². The molecule has 0 atom stereocenters. The normalized spacial score (nSPS) is 10.1. The number of ether oxygens (including phenoxy) is 2. The molecule has 0 bridgehead atoms. The van der Waals surface area contributed by atoms with Crippen molar-refractivity contribution in [2.75, 3.05) is 45.8 Å². The van der Waals surface area contributed by atoms with Crippen molar-refractivity contribution in [2.45, 2.75) is 0 Å². The molecule has 1 heterocycles. The minimum atomic E-state index is 0.560. The van der Waals surface area contributed by atoms with E-state index in [0.717, 1.165) is 26.2 Å². The Kier molecular flexibility index (Phi) is 6.20. The highest BCUT2D eigenvalue weighted by molar-refractivity contribution is 5.27. The lowest BCUT2D eigenvalue weighted by molar-refractivity contribution is 0.200. The number of rotatable bonds is 8. The summed E-state index contributed by atoms with van der Waals surface area (Å²) in [5, 5.41) is 6.30. The maximum atomic E-state index is 4.99. The summed E-state index contributed by atoms with van der Waals surface area (Å²) in [6.07, 6.45) is 1.66. The van der Waals surface area contributed by atoms with Crippen LogP contribution in [0.15, 0.2) is 12.3 Å². The zero-order chi connectivity index (χ0) is 11.6. The van der Waals surface area contributed by atoms with Gasteiger partial charge in [-0.3, -0.25) is 0 Å². The zero-order valence-electron chi connectivity index (χ0n) is 9.69. The molecule has 1 rings (SSSR count). The third-order valence-corrected chi connectivity index (χ3v) is 1.91. The molecule has 0 aliphatic rings. The molecule has 16 heavy (non-hydrogen) atoms. The van der Waals surface area contributed by atoms with Gasteiger partial charge in [-0.05, 0) is 0 Å². The first-order valence-corrected chi connectivity index (χ1v) is 5.17. The highest BCUT2D eigenvalue weighted by Crippen LogP contribution is 2.06. The van der Waals surface area contributed by atoms with Crippen LogP contribution in [0.4, 0.5) is 5.95 Å². The van der Waals surface area contributed by atoms with E-state index in [-0.39, 0.29) is 0 Å².